The summed E-state index contributed by atoms with van der Waals surface area (Å²) in [5.74, 6) is 2.19. The normalized spacial score (nSPS) is 22.2. The van der Waals surface area contributed by atoms with E-state index < -0.39 is 0 Å². The molecule has 2 fully saturated rings. The van der Waals surface area contributed by atoms with E-state index in [-0.39, 0.29) is 17.2 Å². The van der Waals surface area contributed by atoms with Gasteiger partial charge in [0.25, 0.3) is 0 Å². The molecule has 0 radical (unpaired) electrons. The van der Waals surface area contributed by atoms with E-state index in [1.54, 1.807) is 0 Å². The fourth-order valence-corrected chi connectivity index (χ4v) is 2.84. The van der Waals surface area contributed by atoms with Gasteiger partial charge in [0, 0.05) is 17.9 Å². The van der Waals surface area contributed by atoms with Crippen molar-refractivity contribution in [2.75, 3.05) is 19.8 Å². The largest absolute Gasteiger partial charge is 0.486 e. The molecule has 4 rings (SSSR count). The minimum absolute atomic E-state index is 0.125. The number of fused-ring (bicyclic) bond motifs is 1. The van der Waals surface area contributed by atoms with Gasteiger partial charge >= 0.3 is 0 Å². The Labute approximate surface area is 118 Å². The molecular weight excluding hydrogens is 254 g/mol. The molecule has 2 saturated carbocycles. The fraction of sp³-hybridized carbons (Fsp3) is 0.562. The summed E-state index contributed by atoms with van der Waals surface area (Å²) in [5, 5.41) is 3.11. The molecule has 1 N–H and O–H groups in total. The number of hydrogen-bond acceptors (Lipinski definition) is 3. The van der Waals surface area contributed by atoms with E-state index in [4.69, 9.17) is 9.47 Å². The van der Waals surface area contributed by atoms with Crippen molar-refractivity contribution in [3.8, 4) is 11.5 Å². The lowest BCUT2D eigenvalue weighted by molar-refractivity contribution is -0.122. The molecule has 0 saturated heterocycles. The highest BCUT2D eigenvalue weighted by molar-refractivity contribution is 5.81. The van der Waals surface area contributed by atoms with Gasteiger partial charge in [0.2, 0.25) is 5.91 Å². The van der Waals surface area contributed by atoms with E-state index in [1.807, 2.05) is 6.07 Å². The number of carbonyl (C=O) groups is 1. The number of hydrogen-bond donors (Lipinski definition) is 1. The molecule has 0 spiro atoms. The first-order valence-corrected chi connectivity index (χ1v) is 7.45. The summed E-state index contributed by atoms with van der Waals surface area (Å²) >= 11 is 0. The van der Waals surface area contributed by atoms with Crippen molar-refractivity contribution in [2.24, 2.45) is 5.92 Å². The summed E-state index contributed by atoms with van der Waals surface area (Å²) < 4.78 is 11.2. The van der Waals surface area contributed by atoms with Crippen molar-refractivity contribution >= 4 is 5.91 Å². The summed E-state index contributed by atoms with van der Waals surface area (Å²) in [6, 6.07) is 6.20. The minimum Gasteiger partial charge on any atom is -0.486 e. The van der Waals surface area contributed by atoms with E-state index >= 15 is 0 Å². The average molecular weight is 273 g/mol. The topological polar surface area (TPSA) is 47.6 Å². The molecule has 0 aromatic heterocycles. The molecular formula is C16H19NO3. The van der Waals surface area contributed by atoms with Crippen molar-refractivity contribution in [3.05, 3.63) is 23.8 Å². The Morgan fingerprint density at radius 2 is 1.95 bits per heavy atom. The molecule has 1 amide bonds. The lowest BCUT2D eigenvalue weighted by Crippen LogP contribution is -2.33. The van der Waals surface area contributed by atoms with Crippen LogP contribution < -0.4 is 14.8 Å². The summed E-state index contributed by atoms with van der Waals surface area (Å²) in [4.78, 5) is 11.8. The molecule has 0 atom stereocenters. The van der Waals surface area contributed by atoms with Gasteiger partial charge in [0.15, 0.2) is 11.5 Å². The average Bonchev–Trinajstić information content (AvgIpc) is 3.38. The van der Waals surface area contributed by atoms with Crippen LogP contribution in [-0.2, 0) is 10.2 Å². The number of ether oxygens (including phenoxy) is 2. The van der Waals surface area contributed by atoms with Gasteiger partial charge in [-0.3, -0.25) is 4.79 Å². The van der Waals surface area contributed by atoms with Crippen LogP contribution in [0, 0.1) is 5.92 Å². The number of carbonyl (C=O) groups excluding carboxylic acids is 1. The first-order valence-electron chi connectivity index (χ1n) is 7.45. The number of benzene rings is 1. The molecule has 3 aliphatic rings. The SMILES string of the molecule is O=C(NCC1(c2ccc3c(c2)OCCO3)CC1)C1CC1. The highest BCUT2D eigenvalue weighted by Gasteiger charge is 2.45. The number of amides is 1. The van der Waals surface area contributed by atoms with Gasteiger partial charge in [-0.25, -0.2) is 0 Å². The molecule has 106 valence electrons. The van der Waals surface area contributed by atoms with Crippen molar-refractivity contribution in [1.29, 1.82) is 0 Å². The Hall–Kier alpha value is -1.71. The number of rotatable bonds is 4. The fourth-order valence-electron chi connectivity index (χ4n) is 2.84. The van der Waals surface area contributed by atoms with Gasteiger partial charge in [-0.05, 0) is 43.4 Å². The molecule has 4 heteroatoms. The van der Waals surface area contributed by atoms with Crippen LogP contribution in [0.2, 0.25) is 0 Å². The second-order valence-electron chi connectivity index (χ2n) is 6.13. The predicted molar refractivity (Wildman–Crippen MR) is 74.1 cm³/mol. The quantitative estimate of drug-likeness (QED) is 0.913. The maximum Gasteiger partial charge on any atom is 0.223 e. The lowest BCUT2D eigenvalue weighted by Gasteiger charge is -2.22. The van der Waals surface area contributed by atoms with Crippen LogP contribution in [0.4, 0.5) is 0 Å². The van der Waals surface area contributed by atoms with Crippen LogP contribution in [0.15, 0.2) is 18.2 Å². The third kappa shape index (κ3) is 2.13. The van der Waals surface area contributed by atoms with Crippen molar-refractivity contribution in [2.45, 2.75) is 31.1 Å². The Morgan fingerprint density at radius 1 is 1.20 bits per heavy atom. The van der Waals surface area contributed by atoms with Crippen LogP contribution in [0.3, 0.4) is 0 Å². The zero-order valence-corrected chi connectivity index (χ0v) is 11.5. The maximum absolute atomic E-state index is 11.8. The molecule has 1 aliphatic heterocycles. The molecule has 1 aromatic rings. The molecule has 0 bridgehead atoms. The van der Waals surface area contributed by atoms with Gasteiger partial charge in [-0.15, -0.1) is 0 Å². The summed E-state index contributed by atoms with van der Waals surface area (Å²) in [6.45, 7) is 1.98. The van der Waals surface area contributed by atoms with Crippen LogP contribution >= 0.6 is 0 Å². The Balaban J connectivity index is 1.49. The molecule has 2 aliphatic carbocycles. The van der Waals surface area contributed by atoms with Crippen LogP contribution in [-0.4, -0.2) is 25.7 Å². The minimum atomic E-state index is 0.125. The van der Waals surface area contributed by atoms with E-state index in [9.17, 15) is 4.79 Å². The zero-order valence-electron chi connectivity index (χ0n) is 11.5. The Morgan fingerprint density at radius 3 is 2.65 bits per heavy atom. The summed E-state index contributed by atoms with van der Waals surface area (Å²) in [6.07, 6.45) is 4.39. The monoisotopic (exact) mass is 273 g/mol. The zero-order chi connectivity index (χ0) is 13.6. The van der Waals surface area contributed by atoms with Gasteiger partial charge in [0.1, 0.15) is 13.2 Å². The van der Waals surface area contributed by atoms with Crippen LogP contribution in [0.5, 0.6) is 11.5 Å². The maximum atomic E-state index is 11.8. The van der Waals surface area contributed by atoms with Gasteiger partial charge in [-0.2, -0.15) is 0 Å². The van der Waals surface area contributed by atoms with Crippen molar-refractivity contribution < 1.29 is 14.3 Å². The smallest absolute Gasteiger partial charge is 0.223 e. The highest BCUT2D eigenvalue weighted by Crippen LogP contribution is 2.49. The van der Waals surface area contributed by atoms with Crippen molar-refractivity contribution in [1.82, 2.24) is 5.32 Å². The second-order valence-corrected chi connectivity index (χ2v) is 6.13. The van der Waals surface area contributed by atoms with Gasteiger partial charge < -0.3 is 14.8 Å². The first kappa shape index (κ1) is 12.1. The lowest BCUT2D eigenvalue weighted by atomic mass is 9.95. The highest BCUT2D eigenvalue weighted by atomic mass is 16.6. The molecule has 4 nitrogen and oxygen atoms in total. The third-order valence-corrected chi connectivity index (χ3v) is 4.56. The third-order valence-electron chi connectivity index (χ3n) is 4.56. The van der Waals surface area contributed by atoms with Crippen LogP contribution in [0.25, 0.3) is 0 Å². The standard InChI is InChI=1S/C16H19NO3/c18-15(11-1-2-11)17-10-16(5-6-16)12-3-4-13-14(9-12)20-8-7-19-13/h3-4,9,11H,1-2,5-8,10H2,(H,17,18). The summed E-state index contributed by atoms with van der Waals surface area (Å²) in [7, 11) is 0. The Bertz CT molecular complexity index is 547. The van der Waals surface area contributed by atoms with Crippen LogP contribution in [0.1, 0.15) is 31.2 Å². The number of nitrogens with one attached hydrogen (secondary N) is 1. The molecule has 20 heavy (non-hydrogen) atoms. The molecule has 1 heterocycles. The van der Waals surface area contributed by atoms with Crippen molar-refractivity contribution in [3.63, 3.8) is 0 Å². The van der Waals surface area contributed by atoms with Gasteiger partial charge in [-0.1, -0.05) is 6.07 Å². The first-order chi connectivity index (χ1) is 9.77. The Kier molecular flexibility index (Phi) is 2.65. The van der Waals surface area contributed by atoms with E-state index in [1.165, 1.54) is 5.56 Å². The van der Waals surface area contributed by atoms with E-state index in [2.05, 4.69) is 17.4 Å². The van der Waals surface area contributed by atoms with E-state index in [0.29, 0.717) is 13.2 Å². The van der Waals surface area contributed by atoms with E-state index in [0.717, 1.165) is 43.7 Å². The van der Waals surface area contributed by atoms with Gasteiger partial charge in [0.05, 0.1) is 0 Å². The molecule has 1 aromatic carbocycles. The second kappa shape index (κ2) is 4.40. The summed E-state index contributed by atoms with van der Waals surface area (Å²) in [5.41, 5.74) is 1.39. The molecule has 0 unspecified atom stereocenters. The predicted octanol–water partition coefficient (Wildman–Crippen LogP) is 2.02.